The van der Waals surface area contributed by atoms with Gasteiger partial charge in [-0.15, -0.1) is 0 Å². The van der Waals surface area contributed by atoms with E-state index in [1.807, 2.05) is 31.2 Å². The Kier molecular flexibility index (Phi) is 3.94. The number of aryl methyl sites for hydroxylation is 1. The number of amides is 3. The van der Waals surface area contributed by atoms with Crippen molar-refractivity contribution in [1.82, 2.24) is 10.2 Å². The highest BCUT2D eigenvalue weighted by molar-refractivity contribution is 6.00. The van der Waals surface area contributed by atoms with Gasteiger partial charge in [-0.05, 0) is 24.5 Å². The number of hydrogen-bond donors (Lipinski definition) is 1. The van der Waals surface area contributed by atoms with Crippen molar-refractivity contribution in [2.24, 2.45) is 0 Å². The summed E-state index contributed by atoms with van der Waals surface area (Å²) in [7, 11) is 0. The summed E-state index contributed by atoms with van der Waals surface area (Å²) in [5, 5.41) is 2.27. The van der Waals surface area contributed by atoms with Crippen molar-refractivity contribution in [3.63, 3.8) is 0 Å². The van der Waals surface area contributed by atoms with Crippen molar-refractivity contribution < 1.29 is 14.4 Å². The molecule has 1 heterocycles. The minimum absolute atomic E-state index is 0.272. The third-order valence-corrected chi connectivity index (χ3v) is 3.36. The van der Waals surface area contributed by atoms with Crippen LogP contribution >= 0.6 is 0 Å². The molecule has 1 atom stereocenters. The Morgan fingerprint density at radius 1 is 1.37 bits per heavy atom. The van der Waals surface area contributed by atoms with Crippen LogP contribution in [0.3, 0.4) is 0 Å². The normalized spacial score (nSPS) is 18.9. The number of rotatable bonds is 4. The molecule has 0 aliphatic carbocycles. The molecule has 0 saturated carbocycles. The molecule has 5 nitrogen and oxygen atoms in total. The molecule has 1 aliphatic heterocycles. The molecule has 0 bridgehead atoms. The molecule has 3 amide bonds. The van der Waals surface area contributed by atoms with Crippen LogP contribution in [0.25, 0.3) is 0 Å². The van der Waals surface area contributed by atoms with Crippen LogP contribution in [0.1, 0.15) is 24.0 Å². The summed E-state index contributed by atoms with van der Waals surface area (Å²) in [5.41, 5.74) is 2.07. The lowest BCUT2D eigenvalue weighted by Crippen LogP contribution is -2.51. The largest absolute Gasteiger partial charge is 0.329 e. The Morgan fingerprint density at radius 3 is 2.74 bits per heavy atom. The zero-order valence-corrected chi connectivity index (χ0v) is 10.8. The molecule has 1 N–H and O–H groups in total. The second kappa shape index (κ2) is 5.65. The summed E-state index contributed by atoms with van der Waals surface area (Å²) < 4.78 is 0. The Labute approximate surface area is 111 Å². The summed E-state index contributed by atoms with van der Waals surface area (Å²) in [5.74, 6) is -0.667. The lowest BCUT2D eigenvalue weighted by Gasteiger charge is -2.30. The Hall–Kier alpha value is -2.17. The Bertz CT molecular complexity index is 513. The fraction of sp³-hybridized carbons (Fsp3) is 0.357. The maximum atomic E-state index is 11.7. The highest BCUT2D eigenvalue weighted by Gasteiger charge is 2.31. The molecule has 0 aromatic heterocycles. The fourth-order valence-corrected chi connectivity index (χ4v) is 2.20. The van der Waals surface area contributed by atoms with E-state index >= 15 is 0 Å². The average Bonchev–Trinajstić information content (AvgIpc) is 2.39. The maximum Gasteiger partial charge on any atom is 0.249 e. The SMILES string of the molecule is Cc1ccccc1CN(C=O)C1CCC(=O)NC1=O. The highest BCUT2D eigenvalue weighted by atomic mass is 16.2. The smallest absolute Gasteiger partial charge is 0.249 e. The third-order valence-electron chi connectivity index (χ3n) is 3.36. The Balaban J connectivity index is 2.12. The van der Waals surface area contributed by atoms with E-state index in [0.717, 1.165) is 11.1 Å². The van der Waals surface area contributed by atoms with Crippen molar-refractivity contribution >= 4 is 18.2 Å². The summed E-state index contributed by atoms with van der Waals surface area (Å²) in [4.78, 5) is 35.5. The van der Waals surface area contributed by atoms with E-state index in [2.05, 4.69) is 5.32 Å². The molecule has 0 spiro atoms. The Morgan fingerprint density at radius 2 is 2.11 bits per heavy atom. The number of nitrogens with one attached hydrogen (secondary N) is 1. The van der Waals surface area contributed by atoms with Gasteiger partial charge in [-0.3, -0.25) is 19.7 Å². The molecule has 1 fully saturated rings. The molecule has 0 radical (unpaired) electrons. The van der Waals surface area contributed by atoms with E-state index in [0.29, 0.717) is 19.4 Å². The van der Waals surface area contributed by atoms with E-state index in [-0.39, 0.29) is 12.3 Å². The van der Waals surface area contributed by atoms with Crippen molar-refractivity contribution in [2.75, 3.05) is 0 Å². The van der Waals surface area contributed by atoms with Gasteiger partial charge in [-0.2, -0.15) is 0 Å². The molecule has 5 heteroatoms. The van der Waals surface area contributed by atoms with Crippen LogP contribution in [0.15, 0.2) is 24.3 Å². The molecule has 1 unspecified atom stereocenters. The lowest BCUT2D eigenvalue weighted by molar-refractivity contribution is -0.141. The number of imide groups is 1. The van der Waals surface area contributed by atoms with Crippen molar-refractivity contribution in [3.8, 4) is 0 Å². The highest BCUT2D eigenvalue weighted by Crippen LogP contribution is 2.16. The third kappa shape index (κ3) is 2.99. The second-order valence-electron chi connectivity index (χ2n) is 4.67. The zero-order chi connectivity index (χ0) is 13.8. The van der Waals surface area contributed by atoms with Crippen molar-refractivity contribution in [3.05, 3.63) is 35.4 Å². The summed E-state index contributed by atoms with van der Waals surface area (Å²) in [6.45, 7) is 2.34. The van der Waals surface area contributed by atoms with E-state index in [4.69, 9.17) is 0 Å². The first-order valence-electron chi connectivity index (χ1n) is 6.21. The monoisotopic (exact) mass is 260 g/mol. The van der Waals surface area contributed by atoms with Crippen LogP contribution in [-0.2, 0) is 20.9 Å². The molecular weight excluding hydrogens is 244 g/mol. The van der Waals surface area contributed by atoms with Gasteiger partial charge >= 0.3 is 0 Å². The van der Waals surface area contributed by atoms with Gasteiger partial charge < -0.3 is 4.90 Å². The quantitative estimate of drug-likeness (QED) is 0.642. The summed E-state index contributed by atoms with van der Waals surface area (Å²) in [6.07, 6.45) is 1.33. The number of piperidine rings is 1. The van der Waals surface area contributed by atoms with E-state index in [1.54, 1.807) is 0 Å². The summed E-state index contributed by atoms with van der Waals surface area (Å²) >= 11 is 0. The standard InChI is InChI=1S/C14H16N2O3/c1-10-4-2-3-5-11(10)8-16(9-17)12-6-7-13(18)15-14(12)19/h2-5,9,12H,6-8H2,1H3,(H,15,18,19). The number of benzene rings is 1. The van der Waals surface area contributed by atoms with Gasteiger partial charge in [-0.25, -0.2) is 0 Å². The number of nitrogens with zero attached hydrogens (tertiary/aromatic N) is 1. The van der Waals surface area contributed by atoms with Gasteiger partial charge in [-0.1, -0.05) is 24.3 Å². The molecule has 1 aliphatic rings. The lowest BCUT2D eigenvalue weighted by atomic mass is 10.0. The fourth-order valence-electron chi connectivity index (χ4n) is 2.20. The predicted octanol–water partition coefficient (Wildman–Crippen LogP) is 0.759. The topological polar surface area (TPSA) is 66.5 Å². The van der Waals surface area contributed by atoms with E-state index in [9.17, 15) is 14.4 Å². The molecule has 100 valence electrons. The van der Waals surface area contributed by atoms with Gasteiger partial charge in [0.2, 0.25) is 18.2 Å². The number of carbonyl (C=O) groups excluding carboxylic acids is 3. The molecular formula is C14H16N2O3. The maximum absolute atomic E-state index is 11.7. The molecule has 1 aromatic carbocycles. The number of carbonyl (C=O) groups is 3. The van der Waals surface area contributed by atoms with Gasteiger partial charge in [0.25, 0.3) is 0 Å². The minimum atomic E-state index is -0.560. The average molecular weight is 260 g/mol. The van der Waals surface area contributed by atoms with Crippen LogP contribution < -0.4 is 5.32 Å². The zero-order valence-electron chi connectivity index (χ0n) is 10.8. The van der Waals surface area contributed by atoms with Gasteiger partial charge in [0.1, 0.15) is 6.04 Å². The molecule has 2 rings (SSSR count). The first kappa shape index (κ1) is 13.3. The molecule has 19 heavy (non-hydrogen) atoms. The van der Waals surface area contributed by atoms with E-state index in [1.165, 1.54) is 4.90 Å². The van der Waals surface area contributed by atoms with Crippen molar-refractivity contribution in [1.29, 1.82) is 0 Å². The summed E-state index contributed by atoms with van der Waals surface area (Å²) in [6, 6.07) is 7.15. The van der Waals surface area contributed by atoms with Crippen LogP contribution in [-0.4, -0.2) is 29.2 Å². The first-order chi connectivity index (χ1) is 9.11. The second-order valence-corrected chi connectivity index (χ2v) is 4.67. The van der Waals surface area contributed by atoms with Crippen LogP contribution in [0, 0.1) is 6.92 Å². The van der Waals surface area contributed by atoms with Gasteiger partial charge in [0.15, 0.2) is 0 Å². The molecule has 1 aromatic rings. The van der Waals surface area contributed by atoms with E-state index < -0.39 is 11.9 Å². The predicted molar refractivity (Wildman–Crippen MR) is 69.0 cm³/mol. The molecule has 1 saturated heterocycles. The van der Waals surface area contributed by atoms with Crippen LogP contribution in [0.4, 0.5) is 0 Å². The minimum Gasteiger partial charge on any atom is -0.329 e. The number of hydrogen-bond acceptors (Lipinski definition) is 3. The van der Waals surface area contributed by atoms with Crippen molar-refractivity contribution in [2.45, 2.75) is 32.4 Å². The van der Waals surface area contributed by atoms with Crippen LogP contribution in [0.5, 0.6) is 0 Å². The first-order valence-corrected chi connectivity index (χ1v) is 6.21. The van der Waals surface area contributed by atoms with Gasteiger partial charge in [0.05, 0.1) is 0 Å². The van der Waals surface area contributed by atoms with Gasteiger partial charge in [0, 0.05) is 13.0 Å². The van der Waals surface area contributed by atoms with Crippen LogP contribution in [0.2, 0.25) is 0 Å².